The fourth-order valence-electron chi connectivity index (χ4n) is 2.35. The van der Waals surface area contributed by atoms with Crippen molar-refractivity contribution in [3.05, 3.63) is 23.8 Å². The molecule has 0 amide bonds. The van der Waals surface area contributed by atoms with Crippen LogP contribution in [0.5, 0.6) is 11.5 Å². The van der Waals surface area contributed by atoms with Crippen molar-refractivity contribution in [1.82, 2.24) is 0 Å². The summed E-state index contributed by atoms with van der Waals surface area (Å²) >= 11 is 1.94. The molecule has 1 aliphatic rings. The van der Waals surface area contributed by atoms with Gasteiger partial charge in [0, 0.05) is 6.54 Å². The van der Waals surface area contributed by atoms with Crippen LogP contribution in [0.15, 0.2) is 18.2 Å². The van der Waals surface area contributed by atoms with Crippen molar-refractivity contribution < 1.29 is 19.4 Å². The van der Waals surface area contributed by atoms with Crippen LogP contribution in [0, 0.1) is 0 Å². The monoisotopic (exact) mass is 311 g/mol. The SMILES string of the molecule is COc1cc(C(CN)C(=O)O)ccc1OC1CCSCC1. The van der Waals surface area contributed by atoms with Gasteiger partial charge in [-0.3, -0.25) is 4.79 Å². The Morgan fingerprint density at radius 2 is 2.14 bits per heavy atom. The quantitative estimate of drug-likeness (QED) is 0.837. The van der Waals surface area contributed by atoms with Crippen molar-refractivity contribution in [2.45, 2.75) is 24.9 Å². The summed E-state index contributed by atoms with van der Waals surface area (Å²) < 4.78 is 11.3. The van der Waals surface area contributed by atoms with E-state index in [0.29, 0.717) is 17.1 Å². The number of rotatable bonds is 6. The summed E-state index contributed by atoms with van der Waals surface area (Å²) in [5.41, 5.74) is 6.16. The van der Waals surface area contributed by atoms with Crippen molar-refractivity contribution in [2.24, 2.45) is 5.73 Å². The summed E-state index contributed by atoms with van der Waals surface area (Å²) in [6.07, 6.45) is 2.25. The first-order valence-electron chi connectivity index (χ1n) is 7.01. The average molecular weight is 311 g/mol. The third kappa shape index (κ3) is 4.04. The van der Waals surface area contributed by atoms with E-state index in [1.54, 1.807) is 25.3 Å². The zero-order valence-corrected chi connectivity index (χ0v) is 12.9. The minimum absolute atomic E-state index is 0.0541. The highest BCUT2D eigenvalue weighted by molar-refractivity contribution is 7.99. The van der Waals surface area contributed by atoms with Gasteiger partial charge in [-0.05, 0) is 42.0 Å². The van der Waals surface area contributed by atoms with E-state index in [2.05, 4.69) is 0 Å². The Bertz CT molecular complexity index is 489. The number of thioether (sulfide) groups is 1. The number of benzene rings is 1. The second-order valence-corrected chi connectivity index (χ2v) is 6.19. The minimum atomic E-state index is -0.933. The van der Waals surface area contributed by atoms with Crippen LogP contribution in [0.1, 0.15) is 24.3 Å². The smallest absolute Gasteiger partial charge is 0.312 e. The molecule has 0 bridgehead atoms. The van der Waals surface area contributed by atoms with Crippen molar-refractivity contribution in [3.63, 3.8) is 0 Å². The predicted octanol–water partition coefficient (Wildman–Crippen LogP) is 2.10. The maximum absolute atomic E-state index is 11.2. The highest BCUT2D eigenvalue weighted by Crippen LogP contribution is 2.33. The number of ether oxygens (including phenoxy) is 2. The van der Waals surface area contributed by atoms with Crippen molar-refractivity contribution >= 4 is 17.7 Å². The lowest BCUT2D eigenvalue weighted by atomic mass is 9.99. The number of methoxy groups -OCH3 is 1. The topological polar surface area (TPSA) is 81.8 Å². The van der Waals surface area contributed by atoms with Gasteiger partial charge in [0.15, 0.2) is 11.5 Å². The molecule has 2 rings (SSSR count). The molecule has 0 aliphatic carbocycles. The number of carboxylic acid groups (broad SMARTS) is 1. The number of carbonyl (C=O) groups is 1. The first kappa shape index (κ1) is 16.0. The number of carboxylic acids is 1. The highest BCUT2D eigenvalue weighted by Gasteiger charge is 2.21. The van der Waals surface area contributed by atoms with Gasteiger partial charge in [-0.15, -0.1) is 0 Å². The zero-order chi connectivity index (χ0) is 15.2. The first-order chi connectivity index (χ1) is 10.2. The van der Waals surface area contributed by atoms with Gasteiger partial charge in [-0.2, -0.15) is 11.8 Å². The second kappa shape index (κ2) is 7.56. The standard InChI is InChI=1S/C15H21NO4S/c1-19-14-8-10(12(9-16)15(17)18)2-3-13(14)20-11-4-6-21-7-5-11/h2-3,8,11-12H,4-7,9,16H2,1H3,(H,17,18). The molecule has 21 heavy (non-hydrogen) atoms. The highest BCUT2D eigenvalue weighted by atomic mass is 32.2. The van der Waals surface area contributed by atoms with E-state index in [9.17, 15) is 4.79 Å². The Morgan fingerprint density at radius 3 is 2.71 bits per heavy atom. The molecule has 3 N–H and O–H groups in total. The van der Waals surface area contributed by atoms with E-state index in [1.165, 1.54) is 0 Å². The van der Waals surface area contributed by atoms with Crippen LogP contribution in [0.3, 0.4) is 0 Å². The molecule has 5 nitrogen and oxygen atoms in total. The predicted molar refractivity (Wildman–Crippen MR) is 83.4 cm³/mol. The first-order valence-corrected chi connectivity index (χ1v) is 8.16. The fraction of sp³-hybridized carbons (Fsp3) is 0.533. The van der Waals surface area contributed by atoms with E-state index in [0.717, 1.165) is 24.3 Å². The normalized spacial score (nSPS) is 17.2. The van der Waals surface area contributed by atoms with Crippen LogP contribution in [0.25, 0.3) is 0 Å². The van der Waals surface area contributed by atoms with Gasteiger partial charge in [0.2, 0.25) is 0 Å². The maximum atomic E-state index is 11.2. The number of hydrogen-bond donors (Lipinski definition) is 2. The molecular formula is C15H21NO4S. The molecule has 0 spiro atoms. The molecule has 1 aromatic carbocycles. The van der Waals surface area contributed by atoms with Gasteiger partial charge in [0.05, 0.1) is 13.0 Å². The molecule has 1 aliphatic heterocycles. The van der Waals surface area contributed by atoms with Crippen molar-refractivity contribution in [1.29, 1.82) is 0 Å². The van der Waals surface area contributed by atoms with Gasteiger partial charge in [-0.1, -0.05) is 6.07 Å². The van der Waals surface area contributed by atoms with E-state index >= 15 is 0 Å². The summed E-state index contributed by atoms with van der Waals surface area (Å²) in [4.78, 5) is 11.2. The Kier molecular flexibility index (Phi) is 5.76. The fourth-order valence-corrected chi connectivity index (χ4v) is 3.41. The van der Waals surface area contributed by atoms with Crippen molar-refractivity contribution in [2.75, 3.05) is 25.2 Å². The molecule has 0 saturated carbocycles. The summed E-state index contributed by atoms with van der Waals surface area (Å²) in [5, 5.41) is 9.17. The molecule has 6 heteroatoms. The summed E-state index contributed by atoms with van der Waals surface area (Å²) in [6, 6.07) is 5.24. The zero-order valence-electron chi connectivity index (χ0n) is 12.1. The molecule has 1 unspecified atom stereocenters. The molecule has 0 aromatic heterocycles. The van der Waals surface area contributed by atoms with E-state index in [4.69, 9.17) is 20.3 Å². The third-order valence-electron chi connectivity index (χ3n) is 3.59. The van der Waals surface area contributed by atoms with E-state index in [1.807, 2.05) is 11.8 Å². The summed E-state index contributed by atoms with van der Waals surface area (Å²) in [5.74, 6) is 1.79. The molecule has 1 atom stereocenters. The number of hydrogen-bond acceptors (Lipinski definition) is 5. The Morgan fingerprint density at radius 1 is 1.43 bits per heavy atom. The third-order valence-corrected chi connectivity index (χ3v) is 4.63. The summed E-state index contributed by atoms with van der Waals surface area (Å²) in [6.45, 7) is 0.0541. The van der Waals surface area contributed by atoms with Gasteiger partial charge >= 0.3 is 5.97 Å². The number of aliphatic carboxylic acids is 1. The molecule has 116 valence electrons. The lowest BCUT2D eigenvalue weighted by Crippen LogP contribution is -2.23. The van der Waals surface area contributed by atoms with Gasteiger partial charge < -0.3 is 20.3 Å². The maximum Gasteiger partial charge on any atom is 0.312 e. The summed E-state index contributed by atoms with van der Waals surface area (Å²) in [7, 11) is 1.56. The van der Waals surface area contributed by atoms with E-state index in [-0.39, 0.29) is 12.6 Å². The Balaban J connectivity index is 2.17. The average Bonchev–Trinajstić information content (AvgIpc) is 2.50. The van der Waals surface area contributed by atoms with Crippen molar-refractivity contribution in [3.8, 4) is 11.5 Å². The van der Waals surface area contributed by atoms with Gasteiger partial charge in [0.25, 0.3) is 0 Å². The largest absolute Gasteiger partial charge is 0.493 e. The lowest BCUT2D eigenvalue weighted by molar-refractivity contribution is -0.138. The van der Waals surface area contributed by atoms with Crippen LogP contribution in [0.2, 0.25) is 0 Å². The van der Waals surface area contributed by atoms with Crippen LogP contribution < -0.4 is 15.2 Å². The second-order valence-electron chi connectivity index (χ2n) is 4.97. The minimum Gasteiger partial charge on any atom is -0.493 e. The van der Waals surface area contributed by atoms with Crippen LogP contribution in [-0.2, 0) is 4.79 Å². The molecule has 0 radical (unpaired) electrons. The van der Waals surface area contributed by atoms with Crippen LogP contribution in [0.4, 0.5) is 0 Å². The Hall–Kier alpha value is -1.40. The number of nitrogens with two attached hydrogens (primary N) is 1. The molecule has 1 aromatic rings. The lowest BCUT2D eigenvalue weighted by Gasteiger charge is -2.24. The van der Waals surface area contributed by atoms with Crippen LogP contribution in [-0.4, -0.2) is 42.3 Å². The molecule has 1 fully saturated rings. The molecule has 1 saturated heterocycles. The molecular weight excluding hydrogens is 290 g/mol. The van der Waals surface area contributed by atoms with Gasteiger partial charge in [-0.25, -0.2) is 0 Å². The Labute approximate surface area is 128 Å². The van der Waals surface area contributed by atoms with E-state index < -0.39 is 11.9 Å². The van der Waals surface area contributed by atoms with Gasteiger partial charge in [0.1, 0.15) is 6.10 Å². The van der Waals surface area contributed by atoms with Crippen LogP contribution >= 0.6 is 11.8 Å². The molecule has 1 heterocycles.